The van der Waals surface area contributed by atoms with Gasteiger partial charge in [-0.25, -0.2) is 4.79 Å². The second-order valence-electron chi connectivity index (χ2n) is 8.57. The first kappa shape index (κ1) is 23.7. The molecule has 1 amide bonds. The Bertz CT molecular complexity index is 1360. The highest BCUT2D eigenvalue weighted by Crippen LogP contribution is 2.40. The van der Waals surface area contributed by atoms with Gasteiger partial charge in [0, 0.05) is 20.7 Å². The normalized spacial score (nSPS) is 13.3. The van der Waals surface area contributed by atoms with Gasteiger partial charge in [-0.2, -0.15) is 0 Å². The van der Waals surface area contributed by atoms with Gasteiger partial charge in [0.25, 0.3) is 0 Å². The summed E-state index contributed by atoms with van der Waals surface area (Å²) in [5.41, 5.74) is 4.76. The summed E-state index contributed by atoms with van der Waals surface area (Å²) in [6.45, 7) is 2.12. The zero-order chi connectivity index (χ0) is 24.2. The van der Waals surface area contributed by atoms with Crippen molar-refractivity contribution in [2.75, 3.05) is 17.7 Å². The van der Waals surface area contributed by atoms with Crippen molar-refractivity contribution in [2.45, 2.75) is 43.9 Å². The maximum atomic E-state index is 13.1. The second kappa shape index (κ2) is 10.7. The number of hydrogen-bond donors (Lipinski definition) is 2. The quantitative estimate of drug-likeness (QED) is 0.160. The number of carbonyl (C=O) groups is 2. The predicted molar refractivity (Wildman–Crippen MR) is 145 cm³/mol. The largest absolute Gasteiger partial charge is 0.462 e. The number of fused-ring (bicyclic) bond motifs is 2. The van der Waals surface area contributed by atoms with Crippen LogP contribution < -0.4 is 5.32 Å². The van der Waals surface area contributed by atoms with Gasteiger partial charge in [-0.1, -0.05) is 55.0 Å². The van der Waals surface area contributed by atoms with E-state index in [1.807, 2.05) is 37.3 Å². The number of para-hydroxylation sites is 1. The number of benzene rings is 2. The van der Waals surface area contributed by atoms with Crippen LogP contribution in [0.2, 0.25) is 0 Å². The number of rotatable bonds is 7. The van der Waals surface area contributed by atoms with Gasteiger partial charge in [-0.05, 0) is 49.8 Å². The Labute approximate surface area is 213 Å². The van der Waals surface area contributed by atoms with Crippen LogP contribution in [0.5, 0.6) is 0 Å². The Morgan fingerprint density at radius 3 is 2.63 bits per heavy atom. The third-order valence-electron chi connectivity index (χ3n) is 6.22. The lowest BCUT2D eigenvalue weighted by Crippen LogP contribution is -2.16. The minimum atomic E-state index is -0.335. The molecule has 0 fully saturated rings. The highest BCUT2D eigenvalue weighted by Gasteiger charge is 2.27. The number of amides is 1. The maximum Gasteiger partial charge on any atom is 0.341 e. The summed E-state index contributed by atoms with van der Waals surface area (Å²) in [5.74, 6) is -0.217. The molecule has 0 spiro atoms. The molecule has 35 heavy (non-hydrogen) atoms. The molecule has 4 aromatic rings. The van der Waals surface area contributed by atoms with Gasteiger partial charge < -0.3 is 15.0 Å². The van der Waals surface area contributed by atoms with Crippen molar-refractivity contribution in [2.24, 2.45) is 0 Å². The van der Waals surface area contributed by atoms with E-state index in [0.29, 0.717) is 17.2 Å². The molecule has 0 unspecified atom stereocenters. The topological polar surface area (TPSA) is 71.2 Å². The van der Waals surface area contributed by atoms with Gasteiger partial charge in [0.15, 0.2) is 0 Å². The Hall–Kier alpha value is -3.03. The molecule has 2 aromatic carbocycles. The Balaban J connectivity index is 1.39. The lowest BCUT2D eigenvalue weighted by molar-refractivity contribution is -0.113. The summed E-state index contributed by atoms with van der Waals surface area (Å²) in [4.78, 5) is 31.7. The molecule has 5 rings (SSSR count). The summed E-state index contributed by atoms with van der Waals surface area (Å²) in [7, 11) is 0. The lowest BCUT2D eigenvalue weighted by atomic mass is 10.1. The van der Waals surface area contributed by atoms with Crippen LogP contribution in [0.25, 0.3) is 22.2 Å². The predicted octanol–water partition coefficient (Wildman–Crippen LogP) is 7.07. The summed E-state index contributed by atoms with van der Waals surface area (Å²) in [5, 5.41) is 4.77. The number of aromatic nitrogens is 1. The third kappa shape index (κ3) is 5.02. The van der Waals surface area contributed by atoms with Crippen molar-refractivity contribution < 1.29 is 14.3 Å². The van der Waals surface area contributed by atoms with E-state index < -0.39 is 0 Å². The molecule has 0 saturated carbocycles. The van der Waals surface area contributed by atoms with E-state index >= 15 is 0 Å². The SMILES string of the molecule is CCOC(=O)c1c(NC(=O)CSc2c(-c3ccccc3)[nH]c3ccccc23)sc2c1CCCCC2. The number of aryl methyl sites for hydroxylation is 1. The number of aromatic amines is 1. The fourth-order valence-electron chi connectivity index (χ4n) is 4.62. The Morgan fingerprint density at radius 1 is 1.03 bits per heavy atom. The molecule has 2 aromatic heterocycles. The molecule has 7 heteroatoms. The molecule has 180 valence electrons. The summed E-state index contributed by atoms with van der Waals surface area (Å²) >= 11 is 3.05. The summed E-state index contributed by atoms with van der Waals surface area (Å²) < 4.78 is 5.35. The lowest BCUT2D eigenvalue weighted by Gasteiger charge is -2.09. The molecule has 0 bridgehead atoms. The van der Waals surface area contributed by atoms with Crippen molar-refractivity contribution in [3.05, 3.63) is 70.6 Å². The van der Waals surface area contributed by atoms with E-state index in [1.54, 1.807) is 0 Å². The standard InChI is InChI=1S/C28H28N2O3S2/c1-2-33-28(32)24-20-14-7-4-8-16-22(20)35-27(24)30-23(31)17-34-26-19-13-9-10-15-21(19)29-25(26)18-11-5-3-6-12-18/h3,5-6,9-13,15,29H,2,4,7-8,14,16-17H2,1H3,(H,30,31). The number of H-pyrrole nitrogens is 1. The molecule has 2 N–H and O–H groups in total. The van der Waals surface area contributed by atoms with Gasteiger partial charge in [0.05, 0.1) is 23.6 Å². The van der Waals surface area contributed by atoms with E-state index in [1.165, 1.54) is 28.0 Å². The van der Waals surface area contributed by atoms with Gasteiger partial charge in [-0.15, -0.1) is 23.1 Å². The molecule has 1 aliphatic rings. The number of ether oxygens (including phenoxy) is 1. The highest BCUT2D eigenvalue weighted by molar-refractivity contribution is 8.00. The monoisotopic (exact) mass is 504 g/mol. The zero-order valence-electron chi connectivity index (χ0n) is 19.7. The molecule has 0 atom stereocenters. The van der Waals surface area contributed by atoms with Gasteiger partial charge in [-0.3, -0.25) is 4.79 Å². The van der Waals surface area contributed by atoms with Gasteiger partial charge in [0.1, 0.15) is 5.00 Å². The Morgan fingerprint density at radius 2 is 1.80 bits per heavy atom. The van der Waals surface area contributed by atoms with Crippen molar-refractivity contribution in [3.63, 3.8) is 0 Å². The molecule has 0 radical (unpaired) electrons. The van der Waals surface area contributed by atoms with E-state index in [9.17, 15) is 9.59 Å². The van der Waals surface area contributed by atoms with E-state index in [4.69, 9.17) is 4.74 Å². The summed E-state index contributed by atoms with van der Waals surface area (Å²) in [6.07, 6.45) is 5.15. The number of nitrogens with one attached hydrogen (secondary N) is 2. The fourth-order valence-corrected chi connectivity index (χ4v) is 6.91. The first-order chi connectivity index (χ1) is 17.2. The number of esters is 1. The minimum absolute atomic E-state index is 0.124. The second-order valence-corrected chi connectivity index (χ2v) is 10.7. The molecular formula is C28H28N2O3S2. The highest BCUT2D eigenvalue weighted by atomic mass is 32.2. The first-order valence-electron chi connectivity index (χ1n) is 12.1. The molecule has 1 aliphatic carbocycles. The van der Waals surface area contributed by atoms with E-state index in [2.05, 4.69) is 34.6 Å². The summed E-state index contributed by atoms with van der Waals surface area (Å²) in [6, 6.07) is 18.3. The number of carbonyl (C=O) groups excluding carboxylic acids is 2. The van der Waals surface area contributed by atoms with Crippen molar-refractivity contribution in [3.8, 4) is 11.3 Å². The van der Waals surface area contributed by atoms with Crippen LogP contribution in [0.3, 0.4) is 0 Å². The van der Waals surface area contributed by atoms with Crippen molar-refractivity contribution >= 4 is 50.9 Å². The number of thiophene rings is 1. The molecular weight excluding hydrogens is 476 g/mol. The minimum Gasteiger partial charge on any atom is -0.462 e. The van der Waals surface area contributed by atoms with Crippen molar-refractivity contribution in [1.29, 1.82) is 0 Å². The van der Waals surface area contributed by atoms with E-state index in [-0.39, 0.29) is 17.6 Å². The number of thioether (sulfide) groups is 1. The fraction of sp³-hybridized carbons (Fsp3) is 0.286. The van der Waals surface area contributed by atoms with Crippen molar-refractivity contribution in [1.82, 2.24) is 4.98 Å². The average molecular weight is 505 g/mol. The van der Waals surface area contributed by atoms with Gasteiger partial charge in [0.2, 0.25) is 5.91 Å². The van der Waals surface area contributed by atoms with Crippen LogP contribution in [0, 0.1) is 0 Å². The Kier molecular flexibility index (Phi) is 7.25. The van der Waals surface area contributed by atoms with Gasteiger partial charge >= 0.3 is 5.97 Å². The first-order valence-corrected chi connectivity index (χ1v) is 13.9. The van der Waals surface area contributed by atoms with Crippen LogP contribution in [0.15, 0.2) is 59.5 Å². The van der Waals surface area contributed by atoms with Crippen LogP contribution >= 0.6 is 23.1 Å². The van der Waals surface area contributed by atoms with Crippen LogP contribution in [-0.4, -0.2) is 29.2 Å². The smallest absolute Gasteiger partial charge is 0.341 e. The van der Waals surface area contributed by atoms with Crippen LogP contribution in [-0.2, 0) is 22.4 Å². The molecule has 5 nitrogen and oxygen atoms in total. The molecule has 0 saturated heterocycles. The van der Waals surface area contributed by atoms with Crippen LogP contribution in [0.1, 0.15) is 47.0 Å². The third-order valence-corrected chi connectivity index (χ3v) is 8.55. The zero-order valence-corrected chi connectivity index (χ0v) is 21.3. The average Bonchev–Trinajstić information content (AvgIpc) is 3.32. The molecule has 0 aliphatic heterocycles. The number of anilines is 1. The van der Waals surface area contributed by atoms with Crippen LogP contribution in [0.4, 0.5) is 5.00 Å². The molecule has 2 heterocycles. The maximum absolute atomic E-state index is 13.1. The van der Waals surface area contributed by atoms with E-state index in [0.717, 1.165) is 64.7 Å². The number of hydrogen-bond acceptors (Lipinski definition) is 5.